The molecule has 0 bridgehead atoms. The van der Waals surface area contributed by atoms with Crippen molar-refractivity contribution in [2.45, 2.75) is 13.3 Å². The average molecular weight is 204 g/mol. The number of hydrogen-bond acceptors (Lipinski definition) is 3. The molecule has 1 saturated heterocycles. The SMILES string of the molecule is C=C1OCCCN1c1ccc(N)cc1C. The van der Waals surface area contributed by atoms with E-state index in [1.54, 1.807) is 0 Å². The lowest BCUT2D eigenvalue weighted by molar-refractivity contribution is 0.178. The summed E-state index contributed by atoms with van der Waals surface area (Å²) in [7, 11) is 0. The highest BCUT2D eigenvalue weighted by Gasteiger charge is 2.17. The number of anilines is 2. The maximum absolute atomic E-state index is 5.72. The predicted octanol–water partition coefficient (Wildman–Crippen LogP) is 2.28. The first kappa shape index (κ1) is 9.90. The first-order valence-corrected chi connectivity index (χ1v) is 5.14. The molecule has 0 radical (unpaired) electrons. The second-order valence-corrected chi connectivity index (χ2v) is 3.79. The van der Waals surface area contributed by atoms with Gasteiger partial charge in [0.2, 0.25) is 0 Å². The lowest BCUT2D eigenvalue weighted by Crippen LogP contribution is -2.30. The fraction of sp³-hybridized carbons (Fsp3) is 0.333. The number of nitrogens with zero attached hydrogens (tertiary/aromatic N) is 1. The van der Waals surface area contributed by atoms with Crippen LogP contribution in [0.5, 0.6) is 0 Å². The molecule has 0 aliphatic carbocycles. The van der Waals surface area contributed by atoms with Gasteiger partial charge in [0.1, 0.15) is 0 Å². The Kier molecular flexibility index (Phi) is 2.54. The Morgan fingerprint density at radius 1 is 1.47 bits per heavy atom. The van der Waals surface area contributed by atoms with Crippen molar-refractivity contribution in [3.05, 3.63) is 36.2 Å². The van der Waals surface area contributed by atoms with Gasteiger partial charge in [-0.05, 0) is 43.7 Å². The average Bonchev–Trinajstić information content (AvgIpc) is 2.20. The molecule has 3 nitrogen and oxygen atoms in total. The van der Waals surface area contributed by atoms with E-state index in [-0.39, 0.29) is 0 Å². The van der Waals surface area contributed by atoms with Gasteiger partial charge in [-0.25, -0.2) is 0 Å². The fourth-order valence-electron chi connectivity index (χ4n) is 1.85. The molecule has 80 valence electrons. The van der Waals surface area contributed by atoms with Crippen molar-refractivity contribution >= 4 is 11.4 Å². The molecule has 0 unspecified atom stereocenters. The van der Waals surface area contributed by atoms with Crippen LogP contribution < -0.4 is 10.6 Å². The topological polar surface area (TPSA) is 38.5 Å². The molecule has 1 fully saturated rings. The van der Waals surface area contributed by atoms with Crippen molar-refractivity contribution in [1.29, 1.82) is 0 Å². The summed E-state index contributed by atoms with van der Waals surface area (Å²) in [6.07, 6.45) is 1.03. The molecule has 2 rings (SSSR count). The Labute approximate surface area is 90.1 Å². The Bertz CT molecular complexity index is 387. The maximum Gasteiger partial charge on any atom is 0.186 e. The summed E-state index contributed by atoms with van der Waals surface area (Å²) in [6, 6.07) is 5.89. The van der Waals surface area contributed by atoms with Crippen LogP contribution in [0.15, 0.2) is 30.7 Å². The van der Waals surface area contributed by atoms with Crippen LogP contribution in [0.25, 0.3) is 0 Å². The first-order valence-electron chi connectivity index (χ1n) is 5.14. The van der Waals surface area contributed by atoms with E-state index in [9.17, 15) is 0 Å². The quantitative estimate of drug-likeness (QED) is 0.713. The summed E-state index contributed by atoms with van der Waals surface area (Å²) in [4.78, 5) is 2.10. The molecule has 1 aliphatic rings. The third kappa shape index (κ3) is 1.91. The normalized spacial score (nSPS) is 16.3. The van der Waals surface area contributed by atoms with Crippen LogP contribution in [-0.4, -0.2) is 13.2 Å². The van der Waals surface area contributed by atoms with Gasteiger partial charge in [-0.2, -0.15) is 0 Å². The molecule has 3 heteroatoms. The molecule has 1 aliphatic heterocycles. The van der Waals surface area contributed by atoms with Crippen molar-refractivity contribution in [2.75, 3.05) is 23.8 Å². The maximum atomic E-state index is 5.72. The van der Waals surface area contributed by atoms with Crippen LogP contribution >= 0.6 is 0 Å². The second kappa shape index (κ2) is 3.85. The minimum Gasteiger partial charge on any atom is -0.479 e. The van der Waals surface area contributed by atoms with E-state index in [0.29, 0.717) is 0 Å². The Hall–Kier alpha value is -1.64. The van der Waals surface area contributed by atoms with Gasteiger partial charge in [-0.1, -0.05) is 0 Å². The van der Waals surface area contributed by atoms with E-state index < -0.39 is 0 Å². The molecule has 1 heterocycles. The predicted molar refractivity (Wildman–Crippen MR) is 62.6 cm³/mol. The van der Waals surface area contributed by atoms with Crippen molar-refractivity contribution in [3.8, 4) is 0 Å². The molecule has 1 aromatic rings. The summed E-state index contributed by atoms with van der Waals surface area (Å²) in [5.41, 5.74) is 8.80. The van der Waals surface area contributed by atoms with Crippen LogP contribution in [0.2, 0.25) is 0 Å². The molecular formula is C12H16N2O. The van der Waals surface area contributed by atoms with Crippen LogP contribution in [0.3, 0.4) is 0 Å². The van der Waals surface area contributed by atoms with Gasteiger partial charge < -0.3 is 15.4 Å². The third-order valence-electron chi connectivity index (χ3n) is 2.61. The second-order valence-electron chi connectivity index (χ2n) is 3.79. The zero-order valence-corrected chi connectivity index (χ0v) is 8.99. The molecule has 0 atom stereocenters. The third-order valence-corrected chi connectivity index (χ3v) is 2.61. The molecule has 2 N–H and O–H groups in total. The summed E-state index contributed by atoms with van der Waals surface area (Å²) in [5.74, 6) is 0.731. The summed E-state index contributed by atoms with van der Waals surface area (Å²) >= 11 is 0. The molecule has 0 saturated carbocycles. The number of rotatable bonds is 1. The zero-order chi connectivity index (χ0) is 10.8. The number of ether oxygens (including phenoxy) is 1. The van der Waals surface area contributed by atoms with E-state index >= 15 is 0 Å². The molecule has 0 spiro atoms. The largest absolute Gasteiger partial charge is 0.479 e. The van der Waals surface area contributed by atoms with Gasteiger partial charge in [0.25, 0.3) is 0 Å². The van der Waals surface area contributed by atoms with E-state index in [4.69, 9.17) is 10.5 Å². The highest BCUT2D eigenvalue weighted by atomic mass is 16.5. The van der Waals surface area contributed by atoms with Crippen molar-refractivity contribution < 1.29 is 4.74 Å². The van der Waals surface area contributed by atoms with Gasteiger partial charge in [-0.3, -0.25) is 0 Å². The highest BCUT2D eigenvalue weighted by Crippen LogP contribution is 2.27. The molecular weight excluding hydrogens is 188 g/mol. The van der Waals surface area contributed by atoms with E-state index in [1.165, 1.54) is 0 Å². The van der Waals surface area contributed by atoms with Crippen LogP contribution in [0.4, 0.5) is 11.4 Å². The van der Waals surface area contributed by atoms with Crippen molar-refractivity contribution in [3.63, 3.8) is 0 Å². The summed E-state index contributed by atoms with van der Waals surface area (Å²) in [6.45, 7) is 7.69. The minimum absolute atomic E-state index is 0.731. The lowest BCUT2D eigenvalue weighted by Gasteiger charge is -2.31. The Morgan fingerprint density at radius 3 is 2.93 bits per heavy atom. The summed E-state index contributed by atoms with van der Waals surface area (Å²) < 4.78 is 5.43. The molecule has 15 heavy (non-hydrogen) atoms. The fourth-order valence-corrected chi connectivity index (χ4v) is 1.85. The highest BCUT2D eigenvalue weighted by molar-refractivity contribution is 5.61. The summed E-state index contributed by atoms with van der Waals surface area (Å²) in [5, 5.41) is 0. The Balaban J connectivity index is 2.31. The Morgan fingerprint density at radius 2 is 2.27 bits per heavy atom. The van der Waals surface area contributed by atoms with E-state index in [2.05, 4.69) is 11.5 Å². The van der Waals surface area contributed by atoms with Gasteiger partial charge in [0, 0.05) is 17.9 Å². The van der Waals surface area contributed by atoms with Gasteiger partial charge in [0.15, 0.2) is 5.88 Å². The van der Waals surface area contributed by atoms with Gasteiger partial charge in [0.05, 0.1) is 6.61 Å². The van der Waals surface area contributed by atoms with Crippen LogP contribution in [-0.2, 0) is 4.74 Å². The van der Waals surface area contributed by atoms with Crippen molar-refractivity contribution in [1.82, 2.24) is 0 Å². The smallest absolute Gasteiger partial charge is 0.186 e. The van der Waals surface area contributed by atoms with Crippen molar-refractivity contribution in [2.24, 2.45) is 0 Å². The van der Waals surface area contributed by atoms with E-state index in [1.807, 2.05) is 25.1 Å². The van der Waals surface area contributed by atoms with Gasteiger partial charge >= 0.3 is 0 Å². The lowest BCUT2D eigenvalue weighted by atomic mass is 10.1. The number of nitrogens with two attached hydrogens (primary N) is 1. The monoisotopic (exact) mass is 204 g/mol. The number of nitrogen functional groups attached to an aromatic ring is 1. The number of hydrogen-bond donors (Lipinski definition) is 1. The zero-order valence-electron chi connectivity index (χ0n) is 8.99. The first-order chi connectivity index (χ1) is 7.18. The molecule has 0 amide bonds. The molecule has 0 aromatic heterocycles. The van der Waals surface area contributed by atoms with Crippen LogP contribution in [0.1, 0.15) is 12.0 Å². The number of benzene rings is 1. The molecule has 1 aromatic carbocycles. The number of aryl methyl sites for hydroxylation is 1. The standard InChI is InChI=1S/C12H16N2O/c1-9-8-11(13)4-5-12(9)14-6-3-7-15-10(14)2/h4-5,8H,2-3,6-7,13H2,1H3. The van der Waals surface area contributed by atoms with Crippen LogP contribution in [0, 0.1) is 6.92 Å². The minimum atomic E-state index is 0.731. The van der Waals surface area contributed by atoms with E-state index in [0.717, 1.165) is 42.4 Å². The van der Waals surface area contributed by atoms with Gasteiger partial charge in [-0.15, -0.1) is 0 Å².